The minimum Gasteiger partial charge on any atom is -0.456 e. The quantitative estimate of drug-likeness (QED) is 0.161. The molecule has 4 heteroatoms. The van der Waals surface area contributed by atoms with E-state index in [-0.39, 0.29) is 5.41 Å². The van der Waals surface area contributed by atoms with Crippen LogP contribution in [-0.4, -0.2) is 15.0 Å². The van der Waals surface area contributed by atoms with Crippen molar-refractivity contribution in [3.05, 3.63) is 223 Å². The molecular weight excluding hydrogens is 779 g/mol. The van der Waals surface area contributed by atoms with Gasteiger partial charge in [0.2, 0.25) is 0 Å². The number of nitrogens with zero attached hydrogens (tertiary/aromatic N) is 3. The molecule has 0 aliphatic heterocycles. The second-order valence-electron chi connectivity index (χ2n) is 17.2. The average Bonchev–Trinajstić information content (AvgIpc) is 3.86. The van der Waals surface area contributed by atoms with E-state index in [1.54, 1.807) is 0 Å². The van der Waals surface area contributed by atoms with Crippen LogP contribution in [0.25, 0.3) is 112 Å². The topological polar surface area (TPSA) is 51.8 Å². The van der Waals surface area contributed by atoms with Gasteiger partial charge in [-0.3, -0.25) is 0 Å². The van der Waals surface area contributed by atoms with Gasteiger partial charge >= 0.3 is 0 Å². The summed E-state index contributed by atoms with van der Waals surface area (Å²) in [6, 6.07) is 74.9. The molecule has 0 N–H and O–H groups in total. The molecule has 0 spiro atoms. The van der Waals surface area contributed by atoms with Gasteiger partial charge in [-0.15, -0.1) is 0 Å². The van der Waals surface area contributed by atoms with Crippen LogP contribution >= 0.6 is 0 Å². The van der Waals surface area contributed by atoms with Crippen LogP contribution in [0.1, 0.15) is 25.0 Å². The van der Waals surface area contributed by atoms with Crippen LogP contribution in [0.4, 0.5) is 0 Å². The van der Waals surface area contributed by atoms with E-state index in [9.17, 15) is 0 Å². The van der Waals surface area contributed by atoms with Crippen LogP contribution in [0.5, 0.6) is 0 Å². The van der Waals surface area contributed by atoms with Gasteiger partial charge < -0.3 is 4.42 Å². The van der Waals surface area contributed by atoms with Crippen molar-refractivity contribution in [3.8, 4) is 89.8 Å². The predicted molar refractivity (Wildman–Crippen MR) is 263 cm³/mol. The maximum atomic E-state index is 6.52. The Morgan fingerprint density at radius 2 is 0.812 bits per heavy atom. The van der Waals surface area contributed by atoms with Crippen LogP contribution < -0.4 is 0 Å². The summed E-state index contributed by atoms with van der Waals surface area (Å²) in [4.78, 5) is 15.6. The highest BCUT2D eigenvalue weighted by Gasteiger charge is 2.36. The van der Waals surface area contributed by atoms with Crippen LogP contribution in [0.15, 0.2) is 217 Å². The molecule has 0 atom stereocenters. The Balaban J connectivity index is 0.969. The van der Waals surface area contributed by atoms with Crippen LogP contribution in [0.3, 0.4) is 0 Å². The molecule has 0 saturated heterocycles. The summed E-state index contributed by atoms with van der Waals surface area (Å²) in [5.74, 6) is 1.84. The molecule has 0 saturated carbocycles. The maximum absolute atomic E-state index is 6.52. The second kappa shape index (κ2) is 15.0. The maximum Gasteiger partial charge on any atom is 0.164 e. The van der Waals surface area contributed by atoms with Gasteiger partial charge in [0.05, 0.1) is 0 Å². The summed E-state index contributed by atoms with van der Waals surface area (Å²) >= 11 is 0. The van der Waals surface area contributed by atoms with E-state index in [0.717, 1.165) is 72.0 Å². The monoisotopic (exact) mass is 819 g/mol. The first kappa shape index (κ1) is 37.5. The molecule has 12 rings (SSSR count). The molecule has 64 heavy (non-hydrogen) atoms. The minimum atomic E-state index is -0.0914. The van der Waals surface area contributed by atoms with E-state index in [4.69, 9.17) is 19.4 Å². The SMILES string of the molecule is CC1(C)c2ccccc2-c2c(-c3cccc(-c4nc(-c5ccc(-c6ccccc6)cc5)nc(-c5cccc(-c6ccc7c(c6)oc6cccc(-c8ccccc8)c67)c5)n4)c3)cccc21. The zero-order chi connectivity index (χ0) is 42.8. The van der Waals surface area contributed by atoms with E-state index >= 15 is 0 Å². The fourth-order valence-corrected chi connectivity index (χ4v) is 9.73. The first-order valence-electron chi connectivity index (χ1n) is 21.8. The highest BCUT2D eigenvalue weighted by molar-refractivity contribution is 6.13. The summed E-state index contributed by atoms with van der Waals surface area (Å²) in [7, 11) is 0. The summed E-state index contributed by atoms with van der Waals surface area (Å²) in [6.07, 6.45) is 0. The standard InChI is InChI=1S/C60H41N3O/c1-60(2)51-26-10-9-23-49(51)55-48(24-13-27-52(55)60)44-20-12-22-46(36-44)59-62-57(41-31-29-39(30-32-41)38-15-5-3-6-16-38)61-58(63-59)45-21-11-19-42(35-45)43-33-34-50-54(37-43)64-53-28-14-25-47(56(50)53)40-17-7-4-8-18-40/h3-37H,1-2H3. The van der Waals surface area contributed by atoms with Gasteiger partial charge in [0.1, 0.15) is 11.2 Å². The van der Waals surface area contributed by atoms with Gasteiger partial charge in [0, 0.05) is 32.9 Å². The van der Waals surface area contributed by atoms with Gasteiger partial charge in [0.15, 0.2) is 17.5 Å². The van der Waals surface area contributed by atoms with E-state index in [1.807, 2.05) is 12.1 Å². The van der Waals surface area contributed by atoms with Crippen molar-refractivity contribution in [2.45, 2.75) is 19.3 Å². The molecular formula is C60H41N3O. The van der Waals surface area contributed by atoms with Gasteiger partial charge in [-0.25, -0.2) is 15.0 Å². The van der Waals surface area contributed by atoms with Crippen molar-refractivity contribution in [2.24, 2.45) is 0 Å². The fourth-order valence-electron chi connectivity index (χ4n) is 9.73. The van der Waals surface area contributed by atoms with Crippen molar-refractivity contribution < 1.29 is 4.42 Å². The summed E-state index contributed by atoms with van der Waals surface area (Å²) in [6.45, 7) is 4.65. The van der Waals surface area contributed by atoms with Crippen LogP contribution in [0.2, 0.25) is 0 Å². The van der Waals surface area contributed by atoms with E-state index in [0.29, 0.717) is 17.5 Å². The third-order valence-electron chi connectivity index (χ3n) is 13.0. The lowest BCUT2D eigenvalue weighted by Gasteiger charge is -2.21. The summed E-state index contributed by atoms with van der Waals surface area (Å²) in [5.41, 5.74) is 18.7. The molecule has 0 radical (unpaired) electrons. The van der Waals surface area contributed by atoms with Gasteiger partial charge in [-0.1, -0.05) is 196 Å². The fraction of sp³-hybridized carbons (Fsp3) is 0.0500. The van der Waals surface area contributed by atoms with Crippen LogP contribution in [-0.2, 0) is 5.41 Å². The molecule has 2 heterocycles. The highest BCUT2D eigenvalue weighted by atomic mass is 16.3. The predicted octanol–water partition coefficient (Wildman–Crippen LogP) is 15.7. The number of furan rings is 1. The van der Waals surface area contributed by atoms with Gasteiger partial charge in [-0.05, 0) is 97.1 Å². The van der Waals surface area contributed by atoms with Crippen molar-refractivity contribution in [3.63, 3.8) is 0 Å². The lowest BCUT2D eigenvalue weighted by Crippen LogP contribution is -2.14. The van der Waals surface area contributed by atoms with Crippen molar-refractivity contribution in [2.75, 3.05) is 0 Å². The van der Waals surface area contributed by atoms with E-state index in [2.05, 4.69) is 214 Å². The number of hydrogen-bond acceptors (Lipinski definition) is 4. The van der Waals surface area contributed by atoms with E-state index in [1.165, 1.54) is 33.4 Å². The molecule has 0 amide bonds. The first-order valence-corrected chi connectivity index (χ1v) is 21.8. The molecule has 302 valence electrons. The molecule has 1 aliphatic rings. The molecule has 4 nitrogen and oxygen atoms in total. The Morgan fingerprint density at radius 3 is 1.56 bits per heavy atom. The number of benzene rings is 9. The van der Waals surface area contributed by atoms with Crippen molar-refractivity contribution in [1.82, 2.24) is 15.0 Å². The summed E-state index contributed by atoms with van der Waals surface area (Å²) < 4.78 is 6.52. The lowest BCUT2D eigenvalue weighted by atomic mass is 9.82. The molecule has 2 aromatic heterocycles. The Morgan fingerprint density at radius 1 is 0.328 bits per heavy atom. The van der Waals surface area contributed by atoms with Crippen molar-refractivity contribution >= 4 is 21.9 Å². The number of fused-ring (bicyclic) bond motifs is 6. The normalized spacial score (nSPS) is 12.7. The zero-order valence-electron chi connectivity index (χ0n) is 35.5. The molecule has 11 aromatic rings. The Labute approximate surface area is 372 Å². The van der Waals surface area contributed by atoms with Crippen molar-refractivity contribution in [1.29, 1.82) is 0 Å². The summed E-state index contributed by atoms with van der Waals surface area (Å²) in [5, 5.41) is 2.22. The minimum absolute atomic E-state index is 0.0914. The Kier molecular flexibility index (Phi) is 8.80. The molecule has 0 fully saturated rings. The smallest absolute Gasteiger partial charge is 0.164 e. The molecule has 0 unspecified atom stereocenters. The Hall–Kier alpha value is -8.21. The third kappa shape index (κ3) is 6.34. The lowest BCUT2D eigenvalue weighted by molar-refractivity contribution is 0.660. The molecule has 1 aliphatic carbocycles. The van der Waals surface area contributed by atoms with E-state index < -0.39 is 0 Å². The Bertz CT molecular complexity index is 3570. The highest BCUT2D eigenvalue weighted by Crippen LogP contribution is 2.52. The third-order valence-corrected chi connectivity index (χ3v) is 13.0. The average molecular weight is 820 g/mol. The number of hydrogen-bond donors (Lipinski definition) is 0. The molecule has 9 aromatic carbocycles. The second-order valence-corrected chi connectivity index (χ2v) is 17.2. The number of rotatable bonds is 7. The first-order chi connectivity index (χ1) is 31.5. The molecule has 0 bridgehead atoms. The van der Waals surface area contributed by atoms with Gasteiger partial charge in [0.25, 0.3) is 0 Å². The number of aromatic nitrogens is 3. The largest absolute Gasteiger partial charge is 0.456 e. The zero-order valence-corrected chi connectivity index (χ0v) is 35.5. The van der Waals surface area contributed by atoms with Gasteiger partial charge in [-0.2, -0.15) is 0 Å². The van der Waals surface area contributed by atoms with Crippen LogP contribution in [0, 0.1) is 0 Å².